The minimum absolute atomic E-state index is 0.0658. The van der Waals surface area contributed by atoms with Crippen molar-refractivity contribution >= 4 is 60.7 Å². The van der Waals surface area contributed by atoms with Crippen molar-refractivity contribution in [2.75, 3.05) is 5.32 Å². The third kappa shape index (κ3) is 4.09. The van der Waals surface area contributed by atoms with Gasteiger partial charge in [0.2, 0.25) is 0 Å². The van der Waals surface area contributed by atoms with Crippen LogP contribution in [0.1, 0.15) is 15.9 Å². The number of amides is 1. The van der Waals surface area contributed by atoms with E-state index in [-0.39, 0.29) is 10.7 Å². The number of carbonyl (C=O) groups is 1. The summed E-state index contributed by atoms with van der Waals surface area (Å²) in [5.41, 5.74) is 6.30. The summed E-state index contributed by atoms with van der Waals surface area (Å²) in [5, 5.41) is 2.51. The standard InChI is InChI=1S/C14H9Br2FN2OS/c15-9-3-8(4-10(16)6-9)14(20)19-12-2-1-7(13(18)21)5-11(12)17/h1-6H,(H2,18,21)(H,19,20). The molecule has 2 aromatic rings. The zero-order valence-corrected chi connectivity index (χ0v) is 14.5. The molecular formula is C14H9Br2FN2OS. The smallest absolute Gasteiger partial charge is 0.255 e. The SMILES string of the molecule is NC(=S)c1ccc(NC(=O)c2cc(Br)cc(Br)c2)c(F)c1. The predicted molar refractivity (Wildman–Crippen MR) is 92.1 cm³/mol. The molecule has 0 atom stereocenters. The molecule has 0 spiro atoms. The van der Waals surface area contributed by atoms with Crippen molar-refractivity contribution in [2.24, 2.45) is 5.73 Å². The molecule has 0 saturated heterocycles. The van der Waals surface area contributed by atoms with Gasteiger partial charge in [-0.3, -0.25) is 4.79 Å². The maximum absolute atomic E-state index is 13.9. The highest BCUT2D eigenvalue weighted by molar-refractivity contribution is 9.11. The van der Waals surface area contributed by atoms with Gasteiger partial charge < -0.3 is 11.1 Å². The molecule has 0 bridgehead atoms. The largest absolute Gasteiger partial charge is 0.389 e. The Morgan fingerprint density at radius 3 is 2.24 bits per heavy atom. The number of hydrogen-bond acceptors (Lipinski definition) is 2. The van der Waals surface area contributed by atoms with Crippen molar-refractivity contribution in [3.05, 3.63) is 62.3 Å². The van der Waals surface area contributed by atoms with E-state index in [4.69, 9.17) is 18.0 Å². The molecule has 0 aliphatic carbocycles. The van der Waals surface area contributed by atoms with Gasteiger partial charge in [-0.15, -0.1) is 0 Å². The highest BCUT2D eigenvalue weighted by Gasteiger charge is 2.11. The normalized spacial score (nSPS) is 10.2. The summed E-state index contributed by atoms with van der Waals surface area (Å²) in [5.74, 6) is -1.01. The summed E-state index contributed by atoms with van der Waals surface area (Å²) in [7, 11) is 0. The molecule has 2 aromatic carbocycles. The van der Waals surface area contributed by atoms with E-state index in [1.165, 1.54) is 12.1 Å². The Hall–Kier alpha value is -1.31. The minimum atomic E-state index is -0.595. The molecule has 0 fully saturated rings. The van der Waals surface area contributed by atoms with Gasteiger partial charge in [0.15, 0.2) is 0 Å². The lowest BCUT2D eigenvalue weighted by atomic mass is 10.1. The number of thiocarbonyl (C=S) groups is 1. The highest BCUT2D eigenvalue weighted by atomic mass is 79.9. The fourth-order valence-corrected chi connectivity index (χ4v) is 3.07. The summed E-state index contributed by atoms with van der Waals surface area (Å²) in [6.45, 7) is 0. The molecular weight excluding hydrogens is 423 g/mol. The molecule has 3 nitrogen and oxygen atoms in total. The van der Waals surface area contributed by atoms with E-state index in [0.29, 0.717) is 11.1 Å². The number of nitrogens with two attached hydrogens (primary N) is 1. The van der Waals surface area contributed by atoms with Crippen molar-refractivity contribution < 1.29 is 9.18 Å². The van der Waals surface area contributed by atoms with Crippen molar-refractivity contribution in [2.45, 2.75) is 0 Å². The second-order valence-electron chi connectivity index (χ2n) is 4.17. The van der Waals surface area contributed by atoms with E-state index in [9.17, 15) is 9.18 Å². The zero-order valence-electron chi connectivity index (χ0n) is 10.5. The Kier molecular flexibility index (Phi) is 5.08. The average Bonchev–Trinajstić information content (AvgIpc) is 2.39. The fourth-order valence-electron chi connectivity index (χ4n) is 1.65. The number of hydrogen-bond donors (Lipinski definition) is 2. The molecule has 0 aliphatic rings. The summed E-state index contributed by atoms with van der Waals surface area (Å²) in [6, 6.07) is 9.25. The van der Waals surface area contributed by atoms with Crippen LogP contribution in [0, 0.1) is 5.82 Å². The van der Waals surface area contributed by atoms with Crippen LogP contribution < -0.4 is 11.1 Å². The molecule has 1 amide bonds. The second-order valence-corrected chi connectivity index (χ2v) is 6.44. The van der Waals surface area contributed by atoms with Crippen LogP contribution in [-0.4, -0.2) is 10.9 Å². The van der Waals surface area contributed by atoms with Gasteiger partial charge in [-0.2, -0.15) is 0 Å². The first-order chi connectivity index (χ1) is 9.86. The third-order valence-electron chi connectivity index (χ3n) is 2.63. The van der Waals surface area contributed by atoms with Gasteiger partial charge in [0.05, 0.1) is 5.69 Å². The number of halogens is 3. The van der Waals surface area contributed by atoms with E-state index < -0.39 is 11.7 Å². The van der Waals surface area contributed by atoms with E-state index in [1.54, 1.807) is 24.3 Å². The lowest BCUT2D eigenvalue weighted by Crippen LogP contribution is -2.14. The molecule has 0 aromatic heterocycles. The van der Waals surface area contributed by atoms with E-state index in [1.807, 2.05) is 0 Å². The zero-order chi connectivity index (χ0) is 15.6. The Bertz CT molecular complexity index is 717. The van der Waals surface area contributed by atoms with Crippen molar-refractivity contribution in [3.63, 3.8) is 0 Å². The minimum Gasteiger partial charge on any atom is -0.389 e. The van der Waals surface area contributed by atoms with Crippen LogP contribution in [0.3, 0.4) is 0 Å². The molecule has 7 heteroatoms. The van der Waals surface area contributed by atoms with Crippen LogP contribution in [0.5, 0.6) is 0 Å². The number of rotatable bonds is 3. The van der Waals surface area contributed by atoms with Gasteiger partial charge >= 0.3 is 0 Å². The van der Waals surface area contributed by atoms with Crippen LogP contribution in [0.15, 0.2) is 45.3 Å². The van der Waals surface area contributed by atoms with Crippen molar-refractivity contribution in [3.8, 4) is 0 Å². The first kappa shape index (κ1) is 16.1. The van der Waals surface area contributed by atoms with Crippen molar-refractivity contribution in [1.82, 2.24) is 0 Å². The maximum Gasteiger partial charge on any atom is 0.255 e. The van der Waals surface area contributed by atoms with Crippen molar-refractivity contribution in [1.29, 1.82) is 0 Å². The summed E-state index contributed by atoms with van der Waals surface area (Å²) < 4.78 is 15.4. The first-order valence-electron chi connectivity index (χ1n) is 5.73. The van der Waals surface area contributed by atoms with Gasteiger partial charge in [-0.05, 0) is 36.4 Å². The number of benzene rings is 2. The average molecular weight is 432 g/mol. The van der Waals surface area contributed by atoms with Crippen LogP contribution >= 0.6 is 44.1 Å². The molecule has 0 saturated carbocycles. The Balaban J connectivity index is 2.25. The topological polar surface area (TPSA) is 55.1 Å². The van der Waals surface area contributed by atoms with Gasteiger partial charge in [0, 0.05) is 20.1 Å². The molecule has 108 valence electrons. The Labute approximate surface area is 143 Å². The molecule has 2 rings (SSSR count). The Morgan fingerprint density at radius 2 is 1.71 bits per heavy atom. The second kappa shape index (κ2) is 6.64. The van der Waals surface area contributed by atoms with E-state index in [2.05, 4.69) is 37.2 Å². The molecule has 0 radical (unpaired) electrons. The predicted octanol–water partition coefficient (Wildman–Crippen LogP) is 4.24. The molecule has 21 heavy (non-hydrogen) atoms. The van der Waals surface area contributed by atoms with E-state index >= 15 is 0 Å². The van der Waals surface area contributed by atoms with Crippen LogP contribution in [0.25, 0.3) is 0 Å². The fraction of sp³-hybridized carbons (Fsp3) is 0. The lowest BCUT2D eigenvalue weighted by Gasteiger charge is -2.08. The van der Waals surface area contributed by atoms with Gasteiger partial charge in [-0.1, -0.05) is 44.1 Å². The number of carbonyl (C=O) groups excluding carboxylic acids is 1. The van der Waals surface area contributed by atoms with Gasteiger partial charge in [0.1, 0.15) is 10.8 Å². The van der Waals surface area contributed by atoms with Gasteiger partial charge in [0.25, 0.3) is 5.91 Å². The van der Waals surface area contributed by atoms with Crippen LogP contribution in [0.4, 0.5) is 10.1 Å². The van der Waals surface area contributed by atoms with Crippen LogP contribution in [0.2, 0.25) is 0 Å². The number of anilines is 1. The lowest BCUT2D eigenvalue weighted by molar-refractivity contribution is 0.102. The Morgan fingerprint density at radius 1 is 1.10 bits per heavy atom. The monoisotopic (exact) mass is 430 g/mol. The summed E-state index contributed by atoms with van der Waals surface area (Å²) in [6.07, 6.45) is 0. The third-order valence-corrected chi connectivity index (χ3v) is 3.78. The van der Waals surface area contributed by atoms with Crippen LogP contribution in [-0.2, 0) is 0 Å². The van der Waals surface area contributed by atoms with E-state index in [0.717, 1.165) is 8.95 Å². The molecule has 0 heterocycles. The van der Waals surface area contributed by atoms with Gasteiger partial charge in [-0.25, -0.2) is 4.39 Å². The maximum atomic E-state index is 13.9. The summed E-state index contributed by atoms with van der Waals surface area (Å²) in [4.78, 5) is 12.2. The quantitative estimate of drug-likeness (QED) is 0.714. The number of nitrogens with one attached hydrogen (secondary N) is 1. The molecule has 0 unspecified atom stereocenters. The first-order valence-corrected chi connectivity index (χ1v) is 7.73. The summed E-state index contributed by atoms with van der Waals surface area (Å²) >= 11 is 11.4. The highest BCUT2D eigenvalue weighted by Crippen LogP contribution is 2.22. The molecule has 3 N–H and O–H groups in total. The molecule has 0 aliphatic heterocycles.